The van der Waals surface area contributed by atoms with Crippen LogP contribution >= 0.6 is 0 Å². The molecule has 0 aliphatic heterocycles. The zero-order valence-corrected chi connectivity index (χ0v) is 17.0. The second-order valence-electron chi connectivity index (χ2n) is 5.73. The minimum absolute atomic E-state index is 0.0167. The average Bonchev–Trinajstić information content (AvgIpc) is 2.70. The number of hydrazone groups is 1. The lowest BCUT2D eigenvalue weighted by Gasteiger charge is -2.16. The van der Waals surface area contributed by atoms with Crippen molar-refractivity contribution in [2.24, 2.45) is 5.10 Å². The van der Waals surface area contributed by atoms with Gasteiger partial charge >= 0.3 is 0 Å². The SMILES string of the molecule is CCOc1cc(C(=O)N/N=C/c2ccc(OC)c(O)c2)cc(OCC)c1OCC. The summed E-state index contributed by atoms with van der Waals surface area (Å²) in [4.78, 5) is 12.5. The van der Waals surface area contributed by atoms with Gasteiger partial charge in [0.2, 0.25) is 5.75 Å². The molecule has 0 aliphatic carbocycles. The predicted molar refractivity (Wildman–Crippen MR) is 110 cm³/mol. The molecule has 1 amide bonds. The Labute approximate surface area is 170 Å². The predicted octanol–water partition coefficient (Wildman–Crippen LogP) is 3.36. The Bertz CT molecular complexity index is 839. The summed E-state index contributed by atoms with van der Waals surface area (Å²) >= 11 is 0. The van der Waals surface area contributed by atoms with E-state index in [1.165, 1.54) is 19.4 Å². The van der Waals surface area contributed by atoms with Crippen LogP contribution in [0.15, 0.2) is 35.4 Å². The molecule has 156 valence electrons. The maximum atomic E-state index is 12.5. The highest BCUT2D eigenvalue weighted by atomic mass is 16.5. The molecule has 29 heavy (non-hydrogen) atoms. The van der Waals surface area contributed by atoms with Crippen molar-refractivity contribution in [2.75, 3.05) is 26.9 Å². The number of carbonyl (C=O) groups is 1. The van der Waals surface area contributed by atoms with Gasteiger partial charge in [0.1, 0.15) is 0 Å². The largest absolute Gasteiger partial charge is 0.504 e. The number of carbonyl (C=O) groups excluding carboxylic acids is 1. The van der Waals surface area contributed by atoms with E-state index in [-0.39, 0.29) is 5.75 Å². The van der Waals surface area contributed by atoms with E-state index < -0.39 is 5.91 Å². The van der Waals surface area contributed by atoms with E-state index in [1.54, 1.807) is 24.3 Å². The van der Waals surface area contributed by atoms with Crippen LogP contribution in [0.1, 0.15) is 36.7 Å². The summed E-state index contributed by atoms with van der Waals surface area (Å²) in [5.74, 6) is 1.21. The zero-order valence-electron chi connectivity index (χ0n) is 17.0. The first-order valence-corrected chi connectivity index (χ1v) is 9.30. The number of nitrogens with zero attached hydrogens (tertiary/aromatic N) is 1. The van der Waals surface area contributed by atoms with Crippen LogP contribution in [0.3, 0.4) is 0 Å². The van der Waals surface area contributed by atoms with Crippen molar-refractivity contribution >= 4 is 12.1 Å². The molecule has 0 aromatic heterocycles. The van der Waals surface area contributed by atoms with Crippen LogP contribution in [0.4, 0.5) is 0 Å². The van der Waals surface area contributed by atoms with Crippen molar-refractivity contribution < 1.29 is 28.8 Å². The van der Waals surface area contributed by atoms with Gasteiger partial charge in [0, 0.05) is 5.56 Å². The third-order valence-corrected chi connectivity index (χ3v) is 3.75. The number of hydrogen-bond acceptors (Lipinski definition) is 7. The molecule has 0 radical (unpaired) electrons. The maximum absolute atomic E-state index is 12.5. The van der Waals surface area contributed by atoms with Gasteiger partial charge < -0.3 is 24.1 Å². The monoisotopic (exact) mass is 402 g/mol. The zero-order chi connectivity index (χ0) is 21.2. The van der Waals surface area contributed by atoms with Gasteiger partial charge in [0.25, 0.3) is 5.91 Å². The van der Waals surface area contributed by atoms with E-state index in [0.29, 0.717) is 53.9 Å². The molecule has 0 aliphatic rings. The summed E-state index contributed by atoms with van der Waals surface area (Å²) in [6.45, 7) is 6.81. The van der Waals surface area contributed by atoms with Gasteiger partial charge in [-0.1, -0.05) is 0 Å². The Morgan fingerprint density at radius 2 is 1.62 bits per heavy atom. The first-order valence-electron chi connectivity index (χ1n) is 9.30. The average molecular weight is 402 g/mol. The van der Waals surface area contributed by atoms with E-state index in [4.69, 9.17) is 18.9 Å². The van der Waals surface area contributed by atoms with Crippen molar-refractivity contribution in [3.8, 4) is 28.7 Å². The third kappa shape index (κ3) is 5.78. The topological polar surface area (TPSA) is 98.6 Å². The molecule has 0 heterocycles. The molecule has 8 nitrogen and oxygen atoms in total. The van der Waals surface area contributed by atoms with E-state index in [2.05, 4.69) is 10.5 Å². The fourth-order valence-corrected chi connectivity index (χ4v) is 2.54. The number of hydrogen-bond donors (Lipinski definition) is 2. The first-order chi connectivity index (χ1) is 14.0. The molecule has 0 saturated carbocycles. The lowest BCUT2D eigenvalue weighted by molar-refractivity contribution is 0.0954. The van der Waals surface area contributed by atoms with Gasteiger partial charge in [-0.3, -0.25) is 4.79 Å². The van der Waals surface area contributed by atoms with Crippen molar-refractivity contribution in [2.45, 2.75) is 20.8 Å². The molecule has 0 fully saturated rings. The van der Waals surface area contributed by atoms with E-state index in [9.17, 15) is 9.90 Å². The first kappa shape index (κ1) is 21.9. The van der Waals surface area contributed by atoms with Gasteiger partial charge in [-0.25, -0.2) is 5.43 Å². The molecule has 0 atom stereocenters. The summed E-state index contributed by atoms with van der Waals surface area (Å²) in [6, 6.07) is 7.95. The fourth-order valence-electron chi connectivity index (χ4n) is 2.54. The summed E-state index contributed by atoms with van der Waals surface area (Å²) in [5, 5.41) is 13.7. The highest BCUT2D eigenvalue weighted by Crippen LogP contribution is 2.39. The molecule has 0 bridgehead atoms. The Morgan fingerprint density at radius 3 is 2.14 bits per heavy atom. The summed E-state index contributed by atoms with van der Waals surface area (Å²) in [6.07, 6.45) is 1.42. The van der Waals surface area contributed by atoms with E-state index in [1.807, 2.05) is 20.8 Å². The highest BCUT2D eigenvalue weighted by Gasteiger charge is 2.18. The molecule has 2 aromatic carbocycles. The van der Waals surface area contributed by atoms with Crippen molar-refractivity contribution in [3.05, 3.63) is 41.5 Å². The molecular weight excluding hydrogens is 376 g/mol. The minimum Gasteiger partial charge on any atom is -0.504 e. The number of benzene rings is 2. The normalized spacial score (nSPS) is 10.6. The maximum Gasteiger partial charge on any atom is 0.271 e. The molecule has 0 spiro atoms. The number of methoxy groups -OCH3 is 1. The van der Waals surface area contributed by atoms with Crippen molar-refractivity contribution in [3.63, 3.8) is 0 Å². The number of phenols is 1. The van der Waals surface area contributed by atoms with Crippen LogP contribution in [0, 0.1) is 0 Å². The number of amides is 1. The smallest absolute Gasteiger partial charge is 0.271 e. The van der Waals surface area contributed by atoms with E-state index >= 15 is 0 Å². The lowest BCUT2D eigenvalue weighted by Crippen LogP contribution is -2.18. The highest BCUT2D eigenvalue weighted by molar-refractivity contribution is 5.96. The lowest BCUT2D eigenvalue weighted by atomic mass is 10.1. The van der Waals surface area contributed by atoms with Gasteiger partial charge in [-0.2, -0.15) is 5.10 Å². The number of rotatable bonds is 10. The van der Waals surface area contributed by atoms with Crippen LogP contribution in [-0.4, -0.2) is 44.2 Å². The summed E-state index contributed by atoms with van der Waals surface area (Å²) in [7, 11) is 1.47. The molecule has 2 aromatic rings. The molecule has 0 unspecified atom stereocenters. The van der Waals surface area contributed by atoms with Crippen LogP contribution in [0.2, 0.25) is 0 Å². The van der Waals surface area contributed by atoms with Gasteiger partial charge in [0.15, 0.2) is 23.0 Å². The van der Waals surface area contributed by atoms with Crippen molar-refractivity contribution in [1.82, 2.24) is 5.43 Å². The molecular formula is C21H26N2O6. The van der Waals surface area contributed by atoms with Crippen LogP contribution in [-0.2, 0) is 0 Å². The Hall–Kier alpha value is -3.42. The number of phenolic OH excluding ortho intramolecular Hbond substituents is 1. The van der Waals surface area contributed by atoms with Gasteiger partial charge in [0.05, 0.1) is 33.1 Å². The van der Waals surface area contributed by atoms with Gasteiger partial charge in [-0.05, 0) is 56.7 Å². The van der Waals surface area contributed by atoms with Crippen LogP contribution < -0.4 is 24.4 Å². The van der Waals surface area contributed by atoms with Crippen molar-refractivity contribution in [1.29, 1.82) is 0 Å². The molecule has 8 heteroatoms. The number of ether oxygens (including phenoxy) is 4. The minimum atomic E-state index is -0.441. The van der Waals surface area contributed by atoms with Crippen LogP contribution in [0.5, 0.6) is 28.7 Å². The Morgan fingerprint density at radius 1 is 1.00 bits per heavy atom. The molecule has 2 N–H and O–H groups in total. The quantitative estimate of drug-likeness (QED) is 0.467. The fraction of sp³-hybridized carbons (Fsp3) is 0.333. The van der Waals surface area contributed by atoms with Gasteiger partial charge in [-0.15, -0.1) is 0 Å². The summed E-state index contributed by atoms with van der Waals surface area (Å²) in [5.41, 5.74) is 3.36. The molecule has 2 rings (SSSR count). The summed E-state index contributed by atoms with van der Waals surface area (Å²) < 4.78 is 21.8. The Kier molecular flexibility index (Phi) is 8.14. The van der Waals surface area contributed by atoms with Crippen LogP contribution in [0.25, 0.3) is 0 Å². The number of aromatic hydroxyl groups is 1. The third-order valence-electron chi connectivity index (χ3n) is 3.75. The second kappa shape index (κ2) is 10.8. The molecule has 0 saturated heterocycles. The standard InChI is InChI=1S/C21H26N2O6/c1-5-27-18-11-15(12-19(28-6-2)20(18)29-7-3)21(25)23-22-13-14-8-9-17(26-4)16(24)10-14/h8-13,24H,5-7H2,1-4H3,(H,23,25)/b22-13+. The Balaban J connectivity index is 2.21. The number of nitrogens with one attached hydrogen (secondary N) is 1. The van der Waals surface area contributed by atoms with E-state index in [0.717, 1.165) is 0 Å². The second-order valence-corrected chi connectivity index (χ2v) is 5.73.